The van der Waals surface area contributed by atoms with Crippen LogP contribution in [0, 0.1) is 17.2 Å². The summed E-state index contributed by atoms with van der Waals surface area (Å²) < 4.78 is 13.2. The zero-order valence-electron chi connectivity index (χ0n) is 15.3. The van der Waals surface area contributed by atoms with Crippen molar-refractivity contribution >= 4 is 5.69 Å². The first kappa shape index (κ1) is 16.3. The van der Waals surface area contributed by atoms with Gasteiger partial charge in [0.2, 0.25) is 0 Å². The molecule has 2 aromatic carbocycles. The van der Waals surface area contributed by atoms with Crippen LogP contribution in [-0.2, 0) is 12.8 Å². The van der Waals surface area contributed by atoms with E-state index in [0.717, 1.165) is 19.0 Å². The summed E-state index contributed by atoms with van der Waals surface area (Å²) in [5, 5.41) is 0. The van der Waals surface area contributed by atoms with Gasteiger partial charge in [-0.3, -0.25) is 0 Å². The van der Waals surface area contributed by atoms with Crippen molar-refractivity contribution < 1.29 is 4.39 Å². The predicted molar refractivity (Wildman–Crippen MR) is 104 cm³/mol. The Hall–Kier alpha value is -1.87. The van der Waals surface area contributed by atoms with Crippen molar-refractivity contribution in [3.05, 3.63) is 65.5 Å². The molecule has 3 aliphatic rings. The molecule has 0 saturated carbocycles. The number of nitrogens with zero attached hydrogens (tertiary/aromatic N) is 2. The molecule has 2 aliphatic heterocycles. The molecule has 2 aromatic rings. The summed E-state index contributed by atoms with van der Waals surface area (Å²) in [6.07, 6.45) is 5.08. The van der Waals surface area contributed by atoms with Crippen LogP contribution in [0.3, 0.4) is 0 Å². The van der Waals surface area contributed by atoms with Gasteiger partial charge < -0.3 is 9.80 Å². The molecule has 0 bridgehead atoms. The lowest BCUT2D eigenvalue weighted by Crippen LogP contribution is -2.33. The third-order valence-electron chi connectivity index (χ3n) is 6.80. The molecule has 2 saturated heterocycles. The highest BCUT2D eigenvalue weighted by atomic mass is 19.1. The van der Waals surface area contributed by atoms with Gasteiger partial charge in [0.05, 0.1) is 0 Å². The Morgan fingerprint density at radius 3 is 2.31 bits per heavy atom. The molecule has 26 heavy (non-hydrogen) atoms. The number of rotatable bonds is 3. The minimum atomic E-state index is -0.146. The third kappa shape index (κ3) is 3.03. The number of benzene rings is 2. The van der Waals surface area contributed by atoms with Crippen LogP contribution < -0.4 is 4.90 Å². The summed E-state index contributed by atoms with van der Waals surface area (Å²) in [6.45, 7) is 5.95. The standard InChI is InChI=1S/C23H27FN2/c24-21-5-7-22(8-6-21)26-12-10-23(17-26)9-11-25(16-23)15-18-13-19-3-1-2-4-20(19)14-18/h1-8,18H,9-17H2. The van der Waals surface area contributed by atoms with Crippen LogP contribution in [-0.4, -0.2) is 37.6 Å². The molecule has 136 valence electrons. The maximum atomic E-state index is 13.2. The van der Waals surface area contributed by atoms with Gasteiger partial charge in [-0.2, -0.15) is 0 Å². The van der Waals surface area contributed by atoms with Gasteiger partial charge >= 0.3 is 0 Å². The quantitative estimate of drug-likeness (QED) is 0.821. The van der Waals surface area contributed by atoms with Crippen molar-refractivity contribution in [3.8, 4) is 0 Å². The smallest absolute Gasteiger partial charge is 0.123 e. The van der Waals surface area contributed by atoms with E-state index in [0.29, 0.717) is 5.41 Å². The lowest BCUT2D eigenvalue weighted by atomic mass is 9.86. The molecule has 3 heteroatoms. The zero-order chi connectivity index (χ0) is 17.6. The summed E-state index contributed by atoms with van der Waals surface area (Å²) in [5.74, 6) is 0.643. The number of hydrogen-bond donors (Lipinski definition) is 0. The van der Waals surface area contributed by atoms with Crippen LogP contribution in [0.2, 0.25) is 0 Å². The minimum absolute atomic E-state index is 0.146. The van der Waals surface area contributed by atoms with Gasteiger partial charge in [0, 0.05) is 37.3 Å². The highest BCUT2D eigenvalue weighted by Gasteiger charge is 2.43. The number of fused-ring (bicyclic) bond motifs is 1. The van der Waals surface area contributed by atoms with Crippen molar-refractivity contribution in [2.45, 2.75) is 25.7 Å². The van der Waals surface area contributed by atoms with Gasteiger partial charge in [-0.05, 0) is 73.5 Å². The molecule has 2 nitrogen and oxygen atoms in total. The van der Waals surface area contributed by atoms with E-state index in [2.05, 4.69) is 34.1 Å². The fourth-order valence-corrected chi connectivity index (χ4v) is 5.47. The van der Waals surface area contributed by atoms with Gasteiger partial charge in [-0.1, -0.05) is 24.3 Å². The Balaban J connectivity index is 1.19. The van der Waals surface area contributed by atoms with E-state index >= 15 is 0 Å². The molecular weight excluding hydrogens is 323 g/mol. The fourth-order valence-electron chi connectivity index (χ4n) is 5.47. The Bertz CT molecular complexity index is 762. The van der Waals surface area contributed by atoms with Gasteiger partial charge in [0.25, 0.3) is 0 Å². The normalized spacial score (nSPS) is 26.1. The lowest BCUT2D eigenvalue weighted by molar-refractivity contribution is 0.243. The maximum absolute atomic E-state index is 13.2. The second kappa shape index (κ2) is 6.38. The summed E-state index contributed by atoms with van der Waals surface area (Å²) >= 11 is 0. The fraction of sp³-hybridized carbons (Fsp3) is 0.478. The number of hydrogen-bond acceptors (Lipinski definition) is 2. The van der Waals surface area contributed by atoms with E-state index in [1.54, 1.807) is 23.3 Å². The summed E-state index contributed by atoms with van der Waals surface area (Å²) in [4.78, 5) is 5.17. The van der Waals surface area contributed by atoms with Crippen molar-refractivity contribution in [1.82, 2.24) is 4.90 Å². The number of likely N-dealkylation sites (tertiary alicyclic amines) is 1. The second-order valence-corrected chi connectivity index (χ2v) is 8.68. The van der Waals surface area contributed by atoms with E-state index in [1.807, 2.05) is 12.1 Å². The van der Waals surface area contributed by atoms with Gasteiger partial charge in [0.1, 0.15) is 5.82 Å². The first-order valence-corrected chi connectivity index (χ1v) is 9.99. The molecule has 1 aliphatic carbocycles. The Kier molecular flexibility index (Phi) is 4.00. The largest absolute Gasteiger partial charge is 0.371 e. The SMILES string of the molecule is Fc1ccc(N2CCC3(CCN(CC4Cc5ccccc5C4)C3)C2)cc1. The van der Waals surface area contributed by atoms with E-state index in [9.17, 15) is 4.39 Å². The van der Waals surface area contributed by atoms with E-state index in [1.165, 1.54) is 51.0 Å². The monoisotopic (exact) mass is 350 g/mol. The second-order valence-electron chi connectivity index (χ2n) is 8.68. The summed E-state index contributed by atoms with van der Waals surface area (Å²) in [5.41, 5.74) is 4.75. The van der Waals surface area contributed by atoms with Gasteiger partial charge in [-0.15, -0.1) is 0 Å². The van der Waals surface area contributed by atoms with Crippen molar-refractivity contribution in [1.29, 1.82) is 0 Å². The van der Waals surface area contributed by atoms with Crippen LogP contribution >= 0.6 is 0 Å². The molecule has 1 unspecified atom stereocenters. The molecule has 1 spiro atoms. The van der Waals surface area contributed by atoms with E-state index in [-0.39, 0.29) is 5.82 Å². The van der Waals surface area contributed by atoms with Gasteiger partial charge in [0.15, 0.2) is 0 Å². The Labute approximate surface area is 155 Å². The van der Waals surface area contributed by atoms with Crippen molar-refractivity contribution in [3.63, 3.8) is 0 Å². The average molecular weight is 350 g/mol. The first-order valence-electron chi connectivity index (χ1n) is 9.99. The molecule has 0 N–H and O–H groups in total. The molecule has 0 amide bonds. The Morgan fingerprint density at radius 2 is 1.58 bits per heavy atom. The molecule has 2 fully saturated rings. The predicted octanol–water partition coefficient (Wildman–Crippen LogP) is 4.14. The molecule has 1 atom stereocenters. The summed E-state index contributed by atoms with van der Waals surface area (Å²) in [7, 11) is 0. The molecule has 0 aromatic heterocycles. The van der Waals surface area contributed by atoms with Crippen molar-refractivity contribution in [2.75, 3.05) is 37.6 Å². The molecular formula is C23H27FN2. The van der Waals surface area contributed by atoms with Crippen LogP contribution in [0.15, 0.2) is 48.5 Å². The molecule has 5 rings (SSSR count). The van der Waals surface area contributed by atoms with Gasteiger partial charge in [-0.25, -0.2) is 4.39 Å². The van der Waals surface area contributed by atoms with Crippen LogP contribution in [0.4, 0.5) is 10.1 Å². The molecule has 2 heterocycles. The highest BCUT2D eigenvalue weighted by molar-refractivity contribution is 5.48. The Morgan fingerprint density at radius 1 is 0.885 bits per heavy atom. The average Bonchev–Trinajstić information content (AvgIpc) is 3.35. The summed E-state index contributed by atoms with van der Waals surface area (Å²) in [6, 6.07) is 16.0. The molecule has 0 radical (unpaired) electrons. The number of halogens is 1. The maximum Gasteiger partial charge on any atom is 0.123 e. The van der Waals surface area contributed by atoms with Crippen LogP contribution in [0.5, 0.6) is 0 Å². The lowest BCUT2D eigenvalue weighted by Gasteiger charge is -2.26. The third-order valence-corrected chi connectivity index (χ3v) is 6.80. The van der Waals surface area contributed by atoms with Crippen LogP contribution in [0.1, 0.15) is 24.0 Å². The van der Waals surface area contributed by atoms with E-state index in [4.69, 9.17) is 0 Å². The first-order chi connectivity index (χ1) is 12.7. The number of anilines is 1. The highest BCUT2D eigenvalue weighted by Crippen LogP contribution is 2.41. The van der Waals surface area contributed by atoms with Crippen LogP contribution in [0.25, 0.3) is 0 Å². The van der Waals surface area contributed by atoms with Crippen molar-refractivity contribution in [2.24, 2.45) is 11.3 Å². The van der Waals surface area contributed by atoms with E-state index < -0.39 is 0 Å². The minimum Gasteiger partial charge on any atom is -0.371 e. The zero-order valence-corrected chi connectivity index (χ0v) is 15.3. The topological polar surface area (TPSA) is 6.48 Å².